The summed E-state index contributed by atoms with van der Waals surface area (Å²) in [6.45, 7) is 1.57. The van der Waals surface area contributed by atoms with E-state index in [9.17, 15) is 9.59 Å². The number of aromatic nitrogens is 2. The van der Waals surface area contributed by atoms with Gasteiger partial charge < -0.3 is 16.0 Å². The van der Waals surface area contributed by atoms with Gasteiger partial charge in [-0.3, -0.25) is 14.7 Å². The van der Waals surface area contributed by atoms with Crippen molar-refractivity contribution in [3.63, 3.8) is 0 Å². The van der Waals surface area contributed by atoms with Gasteiger partial charge in [-0.15, -0.1) is 0 Å². The lowest BCUT2D eigenvalue weighted by Crippen LogP contribution is -2.42. The summed E-state index contributed by atoms with van der Waals surface area (Å²) >= 11 is 0. The number of nitrogens with two attached hydrogens (primary N) is 1. The van der Waals surface area contributed by atoms with E-state index >= 15 is 0 Å². The minimum Gasteiger partial charge on any atom is -0.395 e. The summed E-state index contributed by atoms with van der Waals surface area (Å²) in [7, 11) is 0. The van der Waals surface area contributed by atoms with Crippen molar-refractivity contribution in [1.29, 1.82) is 0 Å². The number of anilines is 1. The highest BCUT2D eigenvalue weighted by atomic mass is 16.2. The standard InChI is InChI=1S/C14H21N5O2/c15-11-12(9-4-5-9)17-18-13(11)14(21)16-8-10(20)19-6-2-1-3-7-19/h9H,1-8,15H2,(H,16,21)(H,17,18). The first-order valence-corrected chi connectivity index (χ1v) is 7.56. The van der Waals surface area contributed by atoms with Gasteiger partial charge in [-0.05, 0) is 32.1 Å². The third-order valence-electron chi connectivity index (χ3n) is 4.14. The van der Waals surface area contributed by atoms with Gasteiger partial charge in [0.15, 0.2) is 5.69 Å². The van der Waals surface area contributed by atoms with Crippen LogP contribution in [0.25, 0.3) is 0 Å². The molecule has 0 bridgehead atoms. The topological polar surface area (TPSA) is 104 Å². The number of piperidine rings is 1. The fourth-order valence-electron chi connectivity index (χ4n) is 2.72. The van der Waals surface area contributed by atoms with Crippen molar-refractivity contribution in [1.82, 2.24) is 20.4 Å². The molecule has 2 amide bonds. The lowest BCUT2D eigenvalue weighted by Gasteiger charge is -2.26. The molecule has 0 aromatic carbocycles. The van der Waals surface area contributed by atoms with Crippen molar-refractivity contribution in [3.05, 3.63) is 11.4 Å². The molecule has 1 aromatic rings. The molecule has 0 radical (unpaired) electrons. The fourth-order valence-corrected chi connectivity index (χ4v) is 2.72. The third-order valence-corrected chi connectivity index (χ3v) is 4.14. The number of nitrogens with zero attached hydrogens (tertiary/aromatic N) is 2. The van der Waals surface area contributed by atoms with Crippen molar-refractivity contribution < 1.29 is 9.59 Å². The van der Waals surface area contributed by atoms with Gasteiger partial charge in [0, 0.05) is 19.0 Å². The molecule has 2 fully saturated rings. The van der Waals surface area contributed by atoms with Crippen molar-refractivity contribution in [2.45, 2.75) is 38.0 Å². The molecule has 1 aromatic heterocycles. The molecule has 7 heteroatoms. The number of hydrogen-bond donors (Lipinski definition) is 3. The second-order valence-electron chi connectivity index (χ2n) is 5.80. The van der Waals surface area contributed by atoms with E-state index in [4.69, 9.17) is 5.73 Å². The van der Waals surface area contributed by atoms with Crippen LogP contribution in [0.15, 0.2) is 0 Å². The van der Waals surface area contributed by atoms with Crippen molar-refractivity contribution in [2.75, 3.05) is 25.4 Å². The Labute approximate surface area is 123 Å². The van der Waals surface area contributed by atoms with Crippen LogP contribution in [-0.4, -0.2) is 46.5 Å². The molecule has 0 atom stereocenters. The smallest absolute Gasteiger partial charge is 0.274 e. The van der Waals surface area contributed by atoms with Gasteiger partial charge in [-0.25, -0.2) is 0 Å². The van der Waals surface area contributed by atoms with Crippen LogP contribution in [0, 0.1) is 0 Å². The zero-order valence-electron chi connectivity index (χ0n) is 12.0. The lowest BCUT2D eigenvalue weighted by molar-refractivity contribution is -0.130. The van der Waals surface area contributed by atoms with E-state index in [1.54, 1.807) is 4.90 Å². The van der Waals surface area contributed by atoms with Gasteiger partial charge in [0.05, 0.1) is 17.9 Å². The summed E-state index contributed by atoms with van der Waals surface area (Å²) in [5.74, 6) is -0.0189. The van der Waals surface area contributed by atoms with E-state index in [0.717, 1.165) is 44.5 Å². The number of carbonyl (C=O) groups excluding carboxylic acids is 2. The molecule has 1 aliphatic heterocycles. The highest BCUT2D eigenvalue weighted by molar-refractivity contribution is 5.99. The van der Waals surface area contributed by atoms with Crippen molar-refractivity contribution in [2.24, 2.45) is 0 Å². The van der Waals surface area contributed by atoms with Gasteiger partial charge in [0.1, 0.15) is 0 Å². The first-order valence-electron chi connectivity index (χ1n) is 7.56. The molecule has 114 valence electrons. The van der Waals surface area contributed by atoms with E-state index in [-0.39, 0.29) is 24.1 Å². The zero-order valence-corrected chi connectivity index (χ0v) is 12.0. The molecular weight excluding hydrogens is 270 g/mol. The van der Waals surface area contributed by atoms with E-state index in [1.165, 1.54) is 6.42 Å². The van der Waals surface area contributed by atoms with E-state index < -0.39 is 0 Å². The molecule has 3 rings (SSSR count). The van der Waals surface area contributed by atoms with Crippen LogP contribution in [0.4, 0.5) is 5.69 Å². The quantitative estimate of drug-likeness (QED) is 0.756. The van der Waals surface area contributed by atoms with Crippen LogP contribution in [0.3, 0.4) is 0 Å². The van der Waals surface area contributed by atoms with E-state index in [2.05, 4.69) is 15.5 Å². The van der Waals surface area contributed by atoms with Crippen molar-refractivity contribution in [3.8, 4) is 0 Å². The number of nitrogens with one attached hydrogen (secondary N) is 2. The van der Waals surface area contributed by atoms with Gasteiger partial charge in [-0.1, -0.05) is 0 Å². The molecule has 0 spiro atoms. The maximum Gasteiger partial charge on any atom is 0.274 e. The predicted octanol–water partition coefficient (Wildman–Crippen LogP) is 0.612. The summed E-state index contributed by atoms with van der Waals surface area (Å²) in [4.78, 5) is 25.9. The number of rotatable bonds is 4. The van der Waals surface area contributed by atoms with Crippen LogP contribution in [0.2, 0.25) is 0 Å². The van der Waals surface area contributed by atoms with Gasteiger partial charge in [0.2, 0.25) is 5.91 Å². The predicted molar refractivity (Wildman–Crippen MR) is 77.7 cm³/mol. The van der Waals surface area contributed by atoms with Crippen LogP contribution < -0.4 is 11.1 Å². The first-order chi connectivity index (χ1) is 10.2. The molecule has 1 saturated heterocycles. The minimum absolute atomic E-state index is 0.00386. The number of carbonyl (C=O) groups is 2. The van der Waals surface area contributed by atoms with Gasteiger partial charge in [0.25, 0.3) is 5.91 Å². The van der Waals surface area contributed by atoms with E-state index in [1.807, 2.05) is 0 Å². The van der Waals surface area contributed by atoms with Crippen LogP contribution >= 0.6 is 0 Å². The van der Waals surface area contributed by atoms with Crippen LogP contribution in [0.5, 0.6) is 0 Å². The minimum atomic E-state index is -0.388. The maximum absolute atomic E-state index is 12.1. The molecule has 1 saturated carbocycles. The van der Waals surface area contributed by atoms with Crippen LogP contribution in [-0.2, 0) is 4.79 Å². The Morgan fingerprint density at radius 2 is 2.00 bits per heavy atom. The summed E-state index contributed by atoms with van der Waals surface area (Å²) in [5, 5.41) is 9.43. The molecule has 1 aliphatic carbocycles. The normalized spacial score (nSPS) is 18.6. The first kappa shape index (κ1) is 13.9. The molecule has 7 nitrogen and oxygen atoms in total. The average Bonchev–Trinajstić information content (AvgIpc) is 3.28. The Kier molecular flexibility index (Phi) is 3.81. The second-order valence-corrected chi connectivity index (χ2v) is 5.80. The molecule has 2 aliphatic rings. The number of aromatic amines is 1. The van der Waals surface area contributed by atoms with E-state index in [0.29, 0.717) is 11.6 Å². The van der Waals surface area contributed by atoms with Crippen LogP contribution in [0.1, 0.15) is 54.2 Å². The number of nitrogen functional groups attached to an aromatic ring is 1. The number of H-pyrrole nitrogens is 1. The Hall–Kier alpha value is -2.05. The summed E-state index contributed by atoms with van der Waals surface area (Å²) in [6.07, 6.45) is 5.42. The molecule has 2 heterocycles. The van der Waals surface area contributed by atoms with Gasteiger partial charge in [-0.2, -0.15) is 5.10 Å². The number of likely N-dealkylation sites (tertiary alicyclic amines) is 1. The van der Waals surface area contributed by atoms with Gasteiger partial charge >= 0.3 is 0 Å². The molecule has 21 heavy (non-hydrogen) atoms. The highest BCUT2D eigenvalue weighted by Gasteiger charge is 2.30. The highest BCUT2D eigenvalue weighted by Crippen LogP contribution is 2.42. The summed E-state index contributed by atoms with van der Waals surface area (Å²) < 4.78 is 0. The Morgan fingerprint density at radius 1 is 1.29 bits per heavy atom. The zero-order chi connectivity index (χ0) is 14.8. The molecule has 0 unspecified atom stereocenters. The second kappa shape index (κ2) is 5.75. The Balaban J connectivity index is 1.55. The summed E-state index contributed by atoms with van der Waals surface area (Å²) in [5.41, 5.74) is 7.41. The lowest BCUT2D eigenvalue weighted by atomic mass is 10.1. The molecule has 4 N–H and O–H groups in total. The average molecular weight is 291 g/mol. The maximum atomic E-state index is 12.1. The molecular formula is C14H21N5O2. The largest absolute Gasteiger partial charge is 0.395 e. The third kappa shape index (κ3) is 3.01. The Morgan fingerprint density at radius 3 is 2.67 bits per heavy atom. The number of amides is 2. The SMILES string of the molecule is Nc1c(C(=O)NCC(=O)N2CCCCC2)n[nH]c1C1CC1. The fraction of sp³-hybridized carbons (Fsp3) is 0.643. The Bertz CT molecular complexity index is 544. The van der Waals surface area contributed by atoms with Crippen molar-refractivity contribution >= 4 is 17.5 Å². The monoisotopic (exact) mass is 291 g/mol. The number of hydrogen-bond acceptors (Lipinski definition) is 4. The summed E-state index contributed by atoms with van der Waals surface area (Å²) in [6, 6.07) is 0.